The number of carbonyl (C=O) groups is 2. The van der Waals surface area contributed by atoms with Crippen LogP contribution in [0, 0.1) is 19.7 Å². The minimum atomic E-state index is -0.898. The molecular weight excluding hydrogens is 383 g/mol. The first-order valence-corrected chi connectivity index (χ1v) is 9.12. The van der Waals surface area contributed by atoms with E-state index in [1.807, 2.05) is 32.0 Å². The lowest BCUT2D eigenvalue weighted by molar-refractivity contribution is -0.122. The summed E-state index contributed by atoms with van der Waals surface area (Å²) in [5.74, 6) is -0.813. The largest absolute Gasteiger partial charge is 0.340 e. The van der Waals surface area contributed by atoms with Gasteiger partial charge in [-0.05, 0) is 49.2 Å². The summed E-state index contributed by atoms with van der Waals surface area (Å²) in [6.45, 7) is 3.88. The van der Waals surface area contributed by atoms with Gasteiger partial charge in [-0.15, -0.1) is 0 Å². The van der Waals surface area contributed by atoms with Gasteiger partial charge in [0.05, 0.1) is 6.54 Å². The van der Waals surface area contributed by atoms with Gasteiger partial charge in [0.1, 0.15) is 5.82 Å². The van der Waals surface area contributed by atoms with E-state index >= 15 is 0 Å². The number of urea groups is 1. The van der Waals surface area contributed by atoms with Gasteiger partial charge in [-0.2, -0.15) is 5.43 Å². The predicted molar refractivity (Wildman–Crippen MR) is 104 cm³/mol. The van der Waals surface area contributed by atoms with E-state index in [-0.39, 0.29) is 23.0 Å². The standard InChI is InChI=1S/C20H18ClFN4O2/c1-12-6-7-14(10-13(12)2)24-8-9-25-18(19(24)27)23-26(20(25)28)11-15-16(21)4-3-5-17(15)22/h3-10,18,23H,11H2,1-2H3. The smallest absolute Gasteiger partial charge is 0.283 e. The Labute approximate surface area is 166 Å². The Morgan fingerprint density at radius 1 is 1.11 bits per heavy atom. The van der Waals surface area contributed by atoms with Gasteiger partial charge in [0.25, 0.3) is 5.91 Å². The number of aryl methyl sites for hydroxylation is 2. The number of hydrogen-bond acceptors (Lipinski definition) is 3. The highest BCUT2D eigenvalue weighted by molar-refractivity contribution is 6.31. The number of amides is 3. The molecule has 2 aliphatic rings. The maximum atomic E-state index is 14.1. The van der Waals surface area contributed by atoms with Gasteiger partial charge < -0.3 is 0 Å². The summed E-state index contributed by atoms with van der Waals surface area (Å²) in [4.78, 5) is 28.4. The van der Waals surface area contributed by atoms with Crippen LogP contribution in [-0.4, -0.2) is 28.0 Å². The number of hydrogen-bond donors (Lipinski definition) is 1. The van der Waals surface area contributed by atoms with Gasteiger partial charge in [0.2, 0.25) is 0 Å². The summed E-state index contributed by atoms with van der Waals surface area (Å²) in [6.07, 6.45) is 2.20. The molecule has 2 heterocycles. The van der Waals surface area contributed by atoms with E-state index in [1.165, 1.54) is 26.9 Å². The molecule has 0 aromatic heterocycles. The fourth-order valence-electron chi connectivity index (χ4n) is 3.23. The number of carbonyl (C=O) groups excluding carboxylic acids is 2. The second-order valence-corrected chi connectivity index (χ2v) is 7.19. The highest BCUT2D eigenvalue weighted by atomic mass is 35.5. The molecule has 28 heavy (non-hydrogen) atoms. The number of anilines is 1. The van der Waals surface area contributed by atoms with Crippen molar-refractivity contribution in [3.63, 3.8) is 0 Å². The molecule has 0 saturated carbocycles. The van der Waals surface area contributed by atoms with Crippen molar-refractivity contribution in [3.8, 4) is 0 Å². The first kappa shape index (κ1) is 18.5. The Morgan fingerprint density at radius 2 is 1.89 bits per heavy atom. The van der Waals surface area contributed by atoms with Crippen molar-refractivity contribution < 1.29 is 14.0 Å². The zero-order valence-electron chi connectivity index (χ0n) is 15.3. The zero-order chi connectivity index (χ0) is 20.0. The molecule has 0 bridgehead atoms. The van der Waals surface area contributed by atoms with E-state index in [9.17, 15) is 14.0 Å². The van der Waals surface area contributed by atoms with E-state index in [0.29, 0.717) is 5.69 Å². The summed E-state index contributed by atoms with van der Waals surface area (Å²) in [5.41, 5.74) is 5.96. The molecule has 1 unspecified atom stereocenters. The molecule has 2 aromatic rings. The topological polar surface area (TPSA) is 55.9 Å². The Bertz CT molecular complexity index is 989. The number of fused-ring (bicyclic) bond motifs is 1. The summed E-state index contributed by atoms with van der Waals surface area (Å²) in [5, 5.41) is 1.42. The SMILES string of the molecule is Cc1ccc(N2C=CN3C(=O)N(Cc4c(F)cccc4Cl)NC3C2=O)cc1C. The van der Waals surface area contributed by atoms with Gasteiger partial charge >= 0.3 is 6.03 Å². The van der Waals surface area contributed by atoms with Crippen molar-refractivity contribution in [1.29, 1.82) is 0 Å². The second kappa shape index (κ2) is 6.92. The third-order valence-corrected chi connectivity index (χ3v) is 5.36. The minimum absolute atomic E-state index is 0.0951. The fraction of sp³-hybridized carbons (Fsp3) is 0.200. The second-order valence-electron chi connectivity index (χ2n) is 6.78. The minimum Gasteiger partial charge on any atom is -0.283 e. The zero-order valence-corrected chi connectivity index (χ0v) is 16.1. The van der Waals surface area contributed by atoms with Crippen LogP contribution >= 0.6 is 11.6 Å². The molecule has 1 N–H and O–H groups in total. The Balaban J connectivity index is 1.58. The molecule has 1 fully saturated rings. The van der Waals surface area contributed by atoms with Crippen LogP contribution in [0.25, 0.3) is 0 Å². The number of nitrogens with zero attached hydrogens (tertiary/aromatic N) is 3. The summed E-state index contributed by atoms with van der Waals surface area (Å²) >= 11 is 6.06. The third-order valence-electron chi connectivity index (χ3n) is 5.00. The number of benzene rings is 2. The Kier molecular flexibility index (Phi) is 4.56. The van der Waals surface area contributed by atoms with E-state index in [4.69, 9.17) is 11.6 Å². The van der Waals surface area contributed by atoms with Crippen LogP contribution in [0.5, 0.6) is 0 Å². The number of nitrogens with one attached hydrogen (secondary N) is 1. The monoisotopic (exact) mass is 400 g/mol. The van der Waals surface area contributed by atoms with E-state index in [2.05, 4.69) is 5.43 Å². The summed E-state index contributed by atoms with van der Waals surface area (Å²) in [6, 6.07) is 9.60. The molecule has 1 atom stereocenters. The maximum absolute atomic E-state index is 14.1. The molecule has 4 rings (SSSR count). The van der Waals surface area contributed by atoms with Gasteiger partial charge in [-0.1, -0.05) is 23.7 Å². The number of rotatable bonds is 3. The highest BCUT2D eigenvalue weighted by Crippen LogP contribution is 2.28. The molecule has 8 heteroatoms. The van der Waals surface area contributed by atoms with Gasteiger partial charge in [-0.25, -0.2) is 9.18 Å². The molecule has 0 aliphatic carbocycles. The molecular formula is C20H18ClFN4O2. The van der Waals surface area contributed by atoms with Gasteiger partial charge in [-0.3, -0.25) is 19.6 Å². The van der Waals surface area contributed by atoms with Gasteiger partial charge in [0.15, 0.2) is 6.17 Å². The molecule has 2 aromatic carbocycles. The Morgan fingerprint density at radius 3 is 2.61 bits per heavy atom. The van der Waals surface area contributed by atoms with Crippen LogP contribution in [0.2, 0.25) is 5.02 Å². The van der Waals surface area contributed by atoms with Crippen molar-refractivity contribution in [2.24, 2.45) is 0 Å². The van der Waals surface area contributed by atoms with Crippen molar-refractivity contribution in [2.75, 3.05) is 4.90 Å². The van der Waals surface area contributed by atoms with Crippen molar-refractivity contribution >= 4 is 29.2 Å². The molecule has 144 valence electrons. The van der Waals surface area contributed by atoms with E-state index in [1.54, 1.807) is 18.5 Å². The third kappa shape index (κ3) is 3.02. The Hall–Kier alpha value is -2.90. The highest BCUT2D eigenvalue weighted by Gasteiger charge is 2.44. The van der Waals surface area contributed by atoms with Crippen LogP contribution in [0.4, 0.5) is 14.9 Å². The fourth-order valence-corrected chi connectivity index (χ4v) is 3.45. The average Bonchev–Trinajstić information content (AvgIpc) is 2.98. The molecule has 6 nitrogen and oxygen atoms in total. The molecule has 3 amide bonds. The summed E-state index contributed by atoms with van der Waals surface area (Å²) in [7, 11) is 0. The van der Waals surface area contributed by atoms with Crippen molar-refractivity contribution in [2.45, 2.75) is 26.6 Å². The molecule has 1 saturated heterocycles. The number of halogens is 2. The predicted octanol–water partition coefficient (Wildman–Crippen LogP) is 3.68. The average molecular weight is 401 g/mol. The van der Waals surface area contributed by atoms with Crippen LogP contribution in [0.3, 0.4) is 0 Å². The number of hydrazine groups is 1. The summed E-state index contributed by atoms with van der Waals surface area (Å²) < 4.78 is 14.1. The maximum Gasteiger partial charge on any atom is 0.340 e. The van der Waals surface area contributed by atoms with Crippen LogP contribution < -0.4 is 10.3 Å². The van der Waals surface area contributed by atoms with Crippen molar-refractivity contribution in [1.82, 2.24) is 15.3 Å². The normalized spacial score (nSPS) is 18.9. The lowest BCUT2D eigenvalue weighted by Gasteiger charge is -2.29. The quantitative estimate of drug-likeness (QED) is 0.855. The first-order valence-electron chi connectivity index (χ1n) is 8.74. The van der Waals surface area contributed by atoms with E-state index < -0.39 is 18.0 Å². The van der Waals surface area contributed by atoms with Crippen LogP contribution in [0.15, 0.2) is 48.8 Å². The van der Waals surface area contributed by atoms with Crippen LogP contribution in [-0.2, 0) is 11.3 Å². The lowest BCUT2D eigenvalue weighted by Crippen LogP contribution is -2.51. The first-order chi connectivity index (χ1) is 13.4. The van der Waals surface area contributed by atoms with Gasteiger partial charge in [0, 0.05) is 28.7 Å². The molecule has 2 aliphatic heterocycles. The van der Waals surface area contributed by atoms with E-state index in [0.717, 1.165) is 11.1 Å². The molecule has 0 spiro atoms. The van der Waals surface area contributed by atoms with Crippen molar-refractivity contribution in [3.05, 3.63) is 76.3 Å². The molecule has 0 radical (unpaired) electrons. The van der Waals surface area contributed by atoms with Crippen LogP contribution in [0.1, 0.15) is 16.7 Å². The lowest BCUT2D eigenvalue weighted by atomic mass is 10.1.